The number of nitrogens with zero attached hydrogens (tertiary/aromatic N) is 5. The Hall–Kier alpha value is -3.60. The monoisotopic (exact) mass is 429 g/mol. The van der Waals surface area contributed by atoms with Crippen molar-refractivity contribution in [3.05, 3.63) is 64.0 Å². The maximum Gasteiger partial charge on any atom is 0.311 e. The number of para-hydroxylation sites is 1. The lowest BCUT2D eigenvalue weighted by molar-refractivity contribution is -0.385. The molecule has 1 heterocycles. The van der Waals surface area contributed by atoms with E-state index >= 15 is 0 Å². The van der Waals surface area contributed by atoms with Crippen LogP contribution in [0, 0.1) is 10.1 Å². The number of hydrogen-bond donors (Lipinski definition) is 0. The van der Waals surface area contributed by atoms with Gasteiger partial charge in [0, 0.05) is 17.7 Å². The molecule has 10 nitrogen and oxygen atoms in total. The van der Waals surface area contributed by atoms with Gasteiger partial charge in [-0.05, 0) is 18.4 Å². The first-order valence-corrected chi connectivity index (χ1v) is 9.90. The summed E-state index contributed by atoms with van der Waals surface area (Å²) in [6, 6.07) is 12.1. The average molecular weight is 429 g/mol. The standard InChI is InChI=1S/C19H19N5O5S/c1-27-16-10-17(28-2)15(24(25)26)9-13(16)11-20-23-18(21-22-19(23)30-3)12-29-14-7-5-4-6-8-14/h4-11H,12H2,1-3H3/b20-11-. The van der Waals surface area contributed by atoms with Gasteiger partial charge in [-0.1, -0.05) is 30.0 Å². The van der Waals surface area contributed by atoms with Crippen molar-refractivity contribution in [3.8, 4) is 17.2 Å². The van der Waals surface area contributed by atoms with E-state index in [-0.39, 0.29) is 18.0 Å². The van der Waals surface area contributed by atoms with Crippen LogP contribution in [0.5, 0.6) is 17.2 Å². The third-order valence-electron chi connectivity index (χ3n) is 4.01. The van der Waals surface area contributed by atoms with E-state index in [1.54, 1.807) is 0 Å². The number of hydrogen-bond acceptors (Lipinski definition) is 9. The van der Waals surface area contributed by atoms with Gasteiger partial charge in [-0.15, -0.1) is 10.2 Å². The van der Waals surface area contributed by atoms with Gasteiger partial charge >= 0.3 is 5.69 Å². The van der Waals surface area contributed by atoms with Gasteiger partial charge in [0.25, 0.3) is 0 Å². The van der Waals surface area contributed by atoms with Crippen molar-refractivity contribution in [2.45, 2.75) is 11.8 Å². The molecule has 11 heteroatoms. The molecule has 0 fully saturated rings. The van der Waals surface area contributed by atoms with E-state index in [4.69, 9.17) is 14.2 Å². The quantitative estimate of drug-likeness (QED) is 0.220. The Kier molecular flexibility index (Phi) is 6.86. The molecule has 0 saturated carbocycles. The van der Waals surface area contributed by atoms with E-state index in [9.17, 15) is 10.1 Å². The maximum atomic E-state index is 11.3. The first kappa shape index (κ1) is 21.1. The Morgan fingerprint density at radius 3 is 2.53 bits per heavy atom. The van der Waals surface area contributed by atoms with Crippen molar-refractivity contribution in [2.24, 2.45) is 5.10 Å². The van der Waals surface area contributed by atoms with Crippen LogP contribution in [0.2, 0.25) is 0 Å². The summed E-state index contributed by atoms with van der Waals surface area (Å²) in [5.74, 6) is 1.64. The molecule has 0 saturated heterocycles. The highest BCUT2D eigenvalue weighted by Crippen LogP contribution is 2.33. The van der Waals surface area contributed by atoms with Crippen LogP contribution in [0.15, 0.2) is 52.7 Å². The zero-order valence-electron chi connectivity index (χ0n) is 16.5. The molecule has 1 aromatic heterocycles. The van der Waals surface area contributed by atoms with Crippen LogP contribution in [0.4, 0.5) is 5.69 Å². The van der Waals surface area contributed by atoms with E-state index in [1.165, 1.54) is 49.0 Å². The highest BCUT2D eigenvalue weighted by Gasteiger charge is 2.19. The molecule has 0 spiro atoms. The molecule has 0 unspecified atom stereocenters. The van der Waals surface area contributed by atoms with E-state index in [0.717, 1.165) is 0 Å². The molecule has 0 bridgehead atoms. The fraction of sp³-hybridized carbons (Fsp3) is 0.211. The van der Waals surface area contributed by atoms with Gasteiger partial charge in [0.15, 0.2) is 5.82 Å². The number of nitro groups is 1. The van der Waals surface area contributed by atoms with Crippen LogP contribution in [0.3, 0.4) is 0 Å². The van der Waals surface area contributed by atoms with Gasteiger partial charge in [0.2, 0.25) is 10.9 Å². The SMILES string of the molecule is COc1cc(OC)c([N+](=O)[O-])cc1/C=N\n1c(COc2ccccc2)nnc1SC. The van der Waals surface area contributed by atoms with Gasteiger partial charge in [-0.3, -0.25) is 10.1 Å². The zero-order chi connectivity index (χ0) is 21.5. The third-order valence-corrected chi connectivity index (χ3v) is 4.63. The van der Waals surface area contributed by atoms with Crippen LogP contribution in [0.1, 0.15) is 11.4 Å². The first-order valence-electron chi connectivity index (χ1n) is 8.68. The maximum absolute atomic E-state index is 11.3. The molecule has 3 aromatic rings. The Morgan fingerprint density at radius 1 is 1.17 bits per heavy atom. The largest absolute Gasteiger partial charge is 0.496 e. The summed E-state index contributed by atoms with van der Waals surface area (Å²) in [7, 11) is 2.82. The molecule has 0 amide bonds. The highest BCUT2D eigenvalue weighted by atomic mass is 32.2. The predicted octanol–water partition coefficient (Wildman–Crippen LogP) is 3.39. The molecule has 2 aromatic carbocycles. The van der Waals surface area contributed by atoms with Crippen LogP contribution >= 0.6 is 11.8 Å². The molecule has 0 atom stereocenters. The second-order valence-electron chi connectivity index (χ2n) is 5.78. The fourth-order valence-electron chi connectivity index (χ4n) is 2.56. The Bertz CT molecular complexity index is 1050. The minimum Gasteiger partial charge on any atom is -0.496 e. The smallest absolute Gasteiger partial charge is 0.311 e. The van der Waals surface area contributed by atoms with Crippen molar-refractivity contribution in [2.75, 3.05) is 20.5 Å². The van der Waals surface area contributed by atoms with Gasteiger partial charge in [-0.2, -0.15) is 9.78 Å². The van der Waals surface area contributed by atoms with E-state index in [1.807, 2.05) is 36.6 Å². The van der Waals surface area contributed by atoms with Crippen LogP contribution in [-0.2, 0) is 6.61 Å². The highest BCUT2D eigenvalue weighted by molar-refractivity contribution is 7.98. The van der Waals surface area contributed by atoms with Gasteiger partial charge < -0.3 is 14.2 Å². The molecule has 0 aliphatic heterocycles. The topological polar surface area (TPSA) is 114 Å². The third kappa shape index (κ3) is 4.69. The molecule has 0 N–H and O–H groups in total. The summed E-state index contributed by atoms with van der Waals surface area (Å²) in [6.07, 6.45) is 3.29. The molecular formula is C19H19N5O5S. The molecular weight excluding hydrogens is 410 g/mol. The first-order chi connectivity index (χ1) is 14.6. The van der Waals surface area contributed by atoms with Crippen LogP contribution in [-0.4, -0.2) is 46.5 Å². The lowest BCUT2D eigenvalue weighted by Crippen LogP contribution is -2.05. The molecule has 0 aliphatic rings. The van der Waals surface area contributed by atoms with E-state index in [2.05, 4.69) is 15.3 Å². The number of ether oxygens (including phenoxy) is 3. The van der Waals surface area contributed by atoms with Crippen molar-refractivity contribution < 1.29 is 19.1 Å². The van der Waals surface area contributed by atoms with E-state index in [0.29, 0.717) is 28.0 Å². The Morgan fingerprint density at radius 2 is 1.90 bits per heavy atom. The number of benzene rings is 2. The fourth-order valence-corrected chi connectivity index (χ4v) is 3.01. The second kappa shape index (κ2) is 9.74. The molecule has 156 valence electrons. The predicted molar refractivity (Wildman–Crippen MR) is 112 cm³/mol. The van der Waals surface area contributed by atoms with Crippen LogP contribution in [0.25, 0.3) is 0 Å². The van der Waals surface area contributed by atoms with Crippen molar-refractivity contribution in [1.29, 1.82) is 0 Å². The van der Waals surface area contributed by atoms with Crippen molar-refractivity contribution >= 4 is 23.7 Å². The van der Waals surface area contributed by atoms with Gasteiger partial charge in [0.05, 0.1) is 25.4 Å². The minimum absolute atomic E-state index is 0.0973. The minimum atomic E-state index is -0.527. The van der Waals surface area contributed by atoms with Crippen LogP contribution < -0.4 is 14.2 Å². The number of methoxy groups -OCH3 is 2. The lowest BCUT2D eigenvalue weighted by Gasteiger charge is -2.09. The molecule has 3 rings (SSSR count). The summed E-state index contributed by atoms with van der Waals surface area (Å²) in [5.41, 5.74) is 0.210. The summed E-state index contributed by atoms with van der Waals surface area (Å²) in [4.78, 5) is 10.8. The Labute approximate surface area is 176 Å². The van der Waals surface area contributed by atoms with Crippen molar-refractivity contribution in [1.82, 2.24) is 14.9 Å². The molecule has 0 radical (unpaired) electrons. The Balaban J connectivity index is 1.92. The second-order valence-corrected chi connectivity index (χ2v) is 6.56. The summed E-state index contributed by atoms with van der Waals surface area (Å²) in [5, 5.41) is 24.5. The number of thioether (sulfide) groups is 1. The number of nitro benzene ring substituents is 1. The van der Waals surface area contributed by atoms with Crippen molar-refractivity contribution in [3.63, 3.8) is 0 Å². The number of rotatable bonds is 9. The van der Waals surface area contributed by atoms with E-state index < -0.39 is 4.92 Å². The zero-order valence-corrected chi connectivity index (χ0v) is 17.3. The normalized spacial score (nSPS) is 10.9. The summed E-state index contributed by atoms with van der Waals surface area (Å²) < 4.78 is 17.6. The summed E-state index contributed by atoms with van der Waals surface area (Å²) >= 11 is 1.36. The summed E-state index contributed by atoms with van der Waals surface area (Å²) in [6.45, 7) is 0.148. The molecule has 0 aliphatic carbocycles. The number of aromatic nitrogens is 3. The van der Waals surface area contributed by atoms with Gasteiger partial charge in [0.1, 0.15) is 18.1 Å². The lowest BCUT2D eigenvalue weighted by atomic mass is 10.1. The molecule has 30 heavy (non-hydrogen) atoms. The van der Waals surface area contributed by atoms with Gasteiger partial charge in [-0.25, -0.2) is 0 Å². The average Bonchev–Trinajstić information content (AvgIpc) is 3.17.